The maximum atomic E-state index is 11.7. The summed E-state index contributed by atoms with van der Waals surface area (Å²) in [5.74, 6) is -0.132. The van der Waals surface area contributed by atoms with Crippen molar-refractivity contribution in [2.75, 3.05) is 6.54 Å². The Bertz CT molecular complexity index is 416. The van der Waals surface area contributed by atoms with E-state index in [-0.39, 0.29) is 5.97 Å². The third-order valence-corrected chi connectivity index (χ3v) is 3.63. The lowest BCUT2D eigenvalue weighted by molar-refractivity contribution is -0.145. The number of hydrogen-bond acceptors (Lipinski definition) is 3. The Balaban J connectivity index is 1.66. The highest BCUT2D eigenvalue weighted by Gasteiger charge is 2.14. The second-order valence-electron chi connectivity index (χ2n) is 4.98. The Labute approximate surface area is 119 Å². The molecule has 2 rings (SSSR count). The van der Waals surface area contributed by atoms with Crippen LogP contribution in [0.15, 0.2) is 24.3 Å². The zero-order valence-electron chi connectivity index (χ0n) is 11.0. The smallest absolute Gasteiger partial charge is 0.306 e. The summed E-state index contributed by atoms with van der Waals surface area (Å²) in [4.78, 5) is 11.7. The van der Waals surface area contributed by atoms with Gasteiger partial charge in [-0.15, -0.1) is 0 Å². The Hall–Kier alpha value is -1.06. The van der Waals surface area contributed by atoms with Crippen LogP contribution >= 0.6 is 11.6 Å². The van der Waals surface area contributed by atoms with E-state index in [0.29, 0.717) is 24.1 Å². The molecule has 1 aromatic carbocycles. The van der Waals surface area contributed by atoms with E-state index in [9.17, 15) is 4.79 Å². The quantitative estimate of drug-likeness (QED) is 0.842. The van der Waals surface area contributed by atoms with Gasteiger partial charge < -0.3 is 10.1 Å². The van der Waals surface area contributed by atoms with Crippen molar-refractivity contribution in [3.63, 3.8) is 0 Å². The molecule has 1 N–H and O–H groups in total. The van der Waals surface area contributed by atoms with E-state index in [1.54, 1.807) is 0 Å². The predicted molar refractivity (Wildman–Crippen MR) is 76.1 cm³/mol. The topological polar surface area (TPSA) is 38.3 Å². The molecule has 0 aliphatic carbocycles. The minimum atomic E-state index is -0.132. The van der Waals surface area contributed by atoms with Crippen LogP contribution in [0.4, 0.5) is 0 Å². The van der Waals surface area contributed by atoms with Crippen LogP contribution in [0.2, 0.25) is 5.02 Å². The molecule has 1 saturated heterocycles. The lowest BCUT2D eigenvalue weighted by atomic mass is 10.0. The maximum absolute atomic E-state index is 11.7. The number of rotatable bonds is 5. The third kappa shape index (κ3) is 5.21. The summed E-state index contributed by atoms with van der Waals surface area (Å²) >= 11 is 5.87. The van der Waals surface area contributed by atoms with Crippen molar-refractivity contribution in [2.24, 2.45) is 0 Å². The van der Waals surface area contributed by atoms with Crippen molar-refractivity contribution in [3.8, 4) is 0 Å². The summed E-state index contributed by atoms with van der Waals surface area (Å²) < 4.78 is 5.25. The van der Waals surface area contributed by atoms with Gasteiger partial charge in [0, 0.05) is 17.5 Å². The summed E-state index contributed by atoms with van der Waals surface area (Å²) in [7, 11) is 0. The Morgan fingerprint density at radius 3 is 3.05 bits per heavy atom. The van der Waals surface area contributed by atoms with E-state index >= 15 is 0 Å². The molecule has 1 aromatic rings. The van der Waals surface area contributed by atoms with Gasteiger partial charge in [-0.1, -0.05) is 30.2 Å². The average Bonchev–Trinajstić information content (AvgIpc) is 2.44. The average molecular weight is 282 g/mol. The predicted octanol–water partition coefficient (Wildman–Crippen LogP) is 3.31. The SMILES string of the molecule is O=C(CCC1CCCCN1)OCc1cccc(Cl)c1. The molecular weight excluding hydrogens is 262 g/mol. The summed E-state index contributed by atoms with van der Waals surface area (Å²) in [6.07, 6.45) is 5.03. The summed E-state index contributed by atoms with van der Waals surface area (Å²) in [6, 6.07) is 7.87. The van der Waals surface area contributed by atoms with Crippen LogP contribution in [0.5, 0.6) is 0 Å². The van der Waals surface area contributed by atoms with Crippen molar-refractivity contribution >= 4 is 17.6 Å². The minimum absolute atomic E-state index is 0.132. The molecular formula is C15H20ClNO2. The summed E-state index contributed by atoms with van der Waals surface area (Å²) in [5, 5.41) is 4.10. The van der Waals surface area contributed by atoms with Gasteiger partial charge in [-0.25, -0.2) is 0 Å². The molecule has 0 spiro atoms. The van der Waals surface area contributed by atoms with E-state index < -0.39 is 0 Å². The van der Waals surface area contributed by atoms with Crippen LogP contribution in [-0.2, 0) is 16.1 Å². The van der Waals surface area contributed by atoms with E-state index in [1.165, 1.54) is 19.3 Å². The number of halogens is 1. The van der Waals surface area contributed by atoms with Gasteiger partial charge in [0.25, 0.3) is 0 Å². The highest BCUT2D eigenvalue weighted by atomic mass is 35.5. The third-order valence-electron chi connectivity index (χ3n) is 3.40. The van der Waals surface area contributed by atoms with Crippen molar-refractivity contribution in [2.45, 2.75) is 44.8 Å². The number of carbonyl (C=O) groups is 1. The second-order valence-corrected chi connectivity index (χ2v) is 5.41. The van der Waals surface area contributed by atoms with E-state index in [1.807, 2.05) is 24.3 Å². The van der Waals surface area contributed by atoms with Gasteiger partial charge in [0.2, 0.25) is 0 Å². The first-order valence-corrected chi connectivity index (χ1v) is 7.25. The fourth-order valence-corrected chi connectivity index (χ4v) is 2.54. The molecule has 1 heterocycles. The molecule has 1 fully saturated rings. The van der Waals surface area contributed by atoms with Gasteiger partial charge in [0.15, 0.2) is 0 Å². The minimum Gasteiger partial charge on any atom is -0.461 e. The maximum Gasteiger partial charge on any atom is 0.306 e. The first-order valence-electron chi connectivity index (χ1n) is 6.87. The van der Waals surface area contributed by atoms with Crippen LogP contribution in [-0.4, -0.2) is 18.6 Å². The number of hydrogen-bond donors (Lipinski definition) is 1. The van der Waals surface area contributed by atoms with Crippen LogP contribution < -0.4 is 5.32 Å². The van der Waals surface area contributed by atoms with Gasteiger partial charge in [-0.2, -0.15) is 0 Å². The number of benzene rings is 1. The molecule has 19 heavy (non-hydrogen) atoms. The molecule has 0 bridgehead atoms. The Morgan fingerprint density at radius 2 is 2.32 bits per heavy atom. The van der Waals surface area contributed by atoms with Crippen LogP contribution in [0.25, 0.3) is 0 Å². The van der Waals surface area contributed by atoms with Gasteiger partial charge in [0.1, 0.15) is 6.61 Å². The highest BCUT2D eigenvalue weighted by Crippen LogP contribution is 2.14. The van der Waals surface area contributed by atoms with Crippen molar-refractivity contribution in [1.29, 1.82) is 0 Å². The van der Waals surface area contributed by atoms with E-state index in [0.717, 1.165) is 18.5 Å². The lowest BCUT2D eigenvalue weighted by Crippen LogP contribution is -2.34. The standard InChI is InChI=1S/C15H20ClNO2/c16-13-5-3-4-12(10-13)11-19-15(18)8-7-14-6-1-2-9-17-14/h3-5,10,14,17H,1-2,6-9,11H2. The van der Waals surface area contributed by atoms with Gasteiger partial charge in [-0.3, -0.25) is 4.79 Å². The van der Waals surface area contributed by atoms with Gasteiger partial charge >= 0.3 is 5.97 Å². The first-order chi connectivity index (χ1) is 9.24. The molecule has 104 valence electrons. The van der Waals surface area contributed by atoms with Crippen molar-refractivity contribution in [1.82, 2.24) is 5.32 Å². The molecule has 0 amide bonds. The van der Waals surface area contributed by atoms with E-state index in [4.69, 9.17) is 16.3 Å². The molecule has 0 aromatic heterocycles. The molecule has 0 saturated carbocycles. The number of ether oxygens (including phenoxy) is 1. The molecule has 1 unspecified atom stereocenters. The Kier molecular flexibility index (Phi) is 5.67. The van der Waals surface area contributed by atoms with Crippen LogP contribution in [0.3, 0.4) is 0 Å². The second kappa shape index (κ2) is 7.51. The molecule has 4 heteroatoms. The number of esters is 1. The van der Waals surface area contributed by atoms with Crippen LogP contribution in [0, 0.1) is 0 Å². The molecule has 1 atom stereocenters. The molecule has 3 nitrogen and oxygen atoms in total. The normalized spacial score (nSPS) is 19.1. The highest BCUT2D eigenvalue weighted by molar-refractivity contribution is 6.30. The van der Waals surface area contributed by atoms with Crippen molar-refractivity contribution < 1.29 is 9.53 Å². The summed E-state index contributed by atoms with van der Waals surface area (Å²) in [6.45, 7) is 1.37. The fraction of sp³-hybridized carbons (Fsp3) is 0.533. The van der Waals surface area contributed by atoms with Crippen LogP contribution in [0.1, 0.15) is 37.7 Å². The zero-order valence-corrected chi connectivity index (χ0v) is 11.8. The largest absolute Gasteiger partial charge is 0.461 e. The molecule has 1 aliphatic rings. The number of piperidine rings is 1. The molecule has 0 radical (unpaired) electrons. The van der Waals surface area contributed by atoms with Gasteiger partial charge in [0.05, 0.1) is 0 Å². The zero-order chi connectivity index (χ0) is 13.5. The number of nitrogens with one attached hydrogen (secondary N) is 1. The van der Waals surface area contributed by atoms with Crippen molar-refractivity contribution in [3.05, 3.63) is 34.9 Å². The Morgan fingerprint density at radius 1 is 1.42 bits per heavy atom. The fourth-order valence-electron chi connectivity index (χ4n) is 2.33. The summed E-state index contributed by atoms with van der Waals surface area (Å²) in [5.41, 5.74) is 0.927. The monoisotopic (exact) mass is 281 g/mol. The lowest BCUT2D eigenvalue weighted by Gasteiger charge is -2.22. The first kappa shape index (κ1) is 14.4. The molecule has 1 aliphatic heterocycles. The van der Waals surface area contributed by atoms with E-state index in [2.05, 4.69) is 5.32 Å². The number of carbonyl (C=O) groups excluding carboxylic acids is 1. The van der Waals surface area contributed by atoms with Gasteiger partial charge in [-0.05, 0) is 43.5 Å².